The van der Waals surface area contributed by atoms with Gasteiger partial charge in [-0.05, 0) is 42.0 Å². The van der Waals surface area contributed by atoms with E-state index in [4.69, 9.17) is 10.8 Å². The maximum Gasteiger partial charge on any atom is 0.0682 e. The largest absolute Gasteiger partial charge is 0.399 e. The number of nitrogens with two attached hydrogens (primary N) is 1. The summed E-state index contributed by atoms with van der Waals surface area (Å²) in [5.41, 5.74) is 8.82. The van der Waals surface area contributed by atoms with Gasteiger partial charge in [-0.25, -0.2) is 0 Å². The third kappa shape index (κ3) is 1.90. The monoisotopic (exact) mass is 191 g/mol. The third-order valence-corrected chi connectivity index (χ3v) is 3.05. The number of hydrogen-bond acceptors (Lipinski definition) is 2. The van der Waals surface area contributed by atoms with E-state index in [1.54, 1.807) is 0 Å². The highest BCUT2D eigenvalue weighted by Crippen LogP contribution is 2.35. The predicted molar refractivity (Wildman–Crippen MR) is 58.0 cm³/mol. The average molecular weight is 191 g/mol. The molecule has 0 amide bonds. The number of benzene rings is 1. The lowest BCUT2D eigenvalue weighted by Gasteiger charge is -2.11. The van der Waals surface area contributed by atoms with Crippen LogP contribution in [0.25, 0.3) is 0 Å². The molecule has 1 aromatic carbocycles. The summed E-state index contributed by atoms with van der Waals surface area (Å²) in [5, 5.41) is 9.07. The molecule has 1 aliphatic rings. The van der Waals surface area contributed by atoms with Crippen LogP contribution in [0.1, 0.15) is 42.7 Å². The van der Waals surface area contributed by atoms with E-state index in [0.717, 1.165) is 11.3 Å². The van der Waals surface area contributed by atoms with Crippen LogP contribution >= 0.6 is 0 Å². The number of hydrogen-bond donors (Lipinski definition) is 2. The number of aliphatic hydroxyl groups is 1. The molecule has 0 heterocycles. The first kappa shape index (κ1) is 9.53. The summed E-state index contributed by atoms with van der Waals surface area (Å²) < 4.78 is 0. The quantitative estimate of drug-likeness (QED) is 0.705. The summed E-state index contributed by atoms with van der Waals surface area (Å²) in [6.45, 7) is 0.0881. The minimum absolute atomic E-state index is 0.0881. The van der Waals surface area contributed by atoms with Crippen LogP contribution in [0, 0.1) is 0 Å². The van der Waals surface area contributed by atoms with Crippen LogP contribution in [0.3, 0.4) is 0 Å². The van der Waals surface area contributed by atoms with Crippen LogP contribution in [0.2, 0.25) is 0 Å². The fourth-order valence-electron chi connectivity index (χ4n) is 2.33. The molecule has 1 fully saturated rings. The molecule has 0 aliphatic heterocycles. The van der Waals surface area contributed by atoms with Crippen molar-refractivity contribution >= 4 is 5.69 Å². The Hall–Kier alpha value is -1.02. The molecule has 1 aliphatic carbocycles. The van der Waals surface area contributed by atoms with Gasteiger partial charge in [0.1, 0.15) is 0 Å². The molecule has 0 bridgehead atoms. The fraction of sp³-hybridized carbons (Fsp3) is 0.500. The Morgan fingerprint density at radius 3 is 2.57 bits per heavy atom. The Morgan fingerprint density at radius 2 is 1.93 bits per heavy atom. The Balaban J connectivity index is 2.27. The summed E-state index contributed by atoms with van der Waals surface area (Å²) in [4.78, 5) is 0. The maximum absolute atomic E-state index is 9.07. The molecule has 0 spiro atoms. The van der Waals surface area contributed by atoms with E-state index in [9.17, 15) is 0 Å². The Morgan fingerprint density at radius 1 is 1.21 bits per heavy atom. The molecule has 0 aromatic heterocycles. The highest BCUT2D eigenvalue weighted by molar-refractivity contribution is 5.45. The van der Waals surface area contributed by atoms with Crippen molar-refractivity contribution in [1.29, 1.82) is 0 Å². The number of nitrogen functional groups attached to an aromatic ring is 1. The van der Waals surface area contributed by atoms with Gasteiger partial charge in [-0.3, -0.25) is 0 Å². The van der Waals surface area contributed by atoms with Crippen LogP contribution in [0.4, 0.5) is 5.69 Å². The van der Waals surface area contributed by atoms with E-state index in [2.05, 4.69) is 12.1 Å². The van der Waals surface area contributed by atoms with Crippen molar-refractivity contribution in [3.05, 3.63) is 29.3 Å². The molecule has 1 saturated carbocycles. The zero-order valence-corrected chi connectivity index (χ0v) is 8.37. The molecule has 2 heteroatoms. The molecule has 1 aromatic rings. The minimum Gasteiger partial charge on any atom is -0.399 e. The normalized spacial score (nSPS) is 17.5. The summed E-state index contributed by atoms with van der Waals surface area (Å²) in [7, 11) is 0. The fourth-order valence-corrected chi connectivity index (χ4v) is 2.33. The van der Waals surface area contributed by atoms with Gasteiger partial charge in [0.2, 0.25) is 0 Å². The van der Waals surface area contributed by atoms with Crippen molar-refractivity contribution in [2.45, 2.75) is 38.2 Å². The number of aliphatic hydroxyl groups excluding tert-OH is 1. The van der Waals surface area contributed by atoms with E-state index in [0.29, 0.717) is 5.92 Å². The van der Waals surface area contributed by atoms with Crippen LogP contribution in [-0.2, 0) is 6.61 Å². The third-order valence-electron chi connectivity index (χ3n) is 3.05. The highest BCUT2D eigenvalue weighted by atomic mass is 16.3. The van der Waals surface area contributed by atoms with Gasteiger partial charge in [-0.1, -0.05) is 18.9 Å². The van der Waals surface area contributed by atoms with E-state index in [1.807, 2.05) is 6.07 Å². The molecule has 76 valence electrons. The zero-order chi connectivity index (χ0) is 9.97. The lowest BCUT2D eigenvalue weighted by atomic mass is 9.95. The maximum atomic E-state index is 9.07. The van der Waals surface area contributed by atoms with Gasteiger partial charge in [-0.2, -0.15) is 0 Å². The topological polar surface area (TPSA) is 46.2 Å². The average Bonchev–Trinajstić information content (AvgIpc) is 2.69. The van der Waals surface area contributed by atoms with Gasteiger partial charge in [0.15, 0.2) is 0 Å². The molecule has 0 saturated heterocycles. The highest BCUT2D eigenvalue weighted by Gasteiger charge is 2.17. The van der Waals surface area contributed by atoms with Crippen molar-refractivity contribution < 1.29 is 5.11 Å². The second-order valence-corrected chi connectivity index (χ2v) is 4.15. The van der Waals surface area contributed by atoms with Gasteiger partial charge in [0, 0.05) is 5.69 Å². The van der Waals surface area contributed by atoms with E-state index in [1.165, 1.54) is 31.2 Å². The van der Waals surface area contributed by atoms with Gasteiger partial charge >= 0.3 is 0 Å². The van der Waals surface area contributed by atoms with Crippen molar-refractivity contribution in [3.63, 3.8) is 0 Å². The van der Waals surface area contributed by atoms with E-state index < -0.39 is 0 Å². The summed E-state index contributed by atoms with van der Waals surface area (Å²) in [5.74, 6) is 0.670. The molecule has 0 atom stereocenters. The first-order valence-corrected chi connectivity index (χ1v) is 5.30. The van der Waals surface area contributed by atoms with Crippen molar-refractivity contribution in [2.24, 2.45) is 0 Å². The zero-order valence-electron chi connectivity index (χ0n) is 8.37. The van der Waals surface area contributed by atoms with Gasteiger partial charge in [0.25, 0.3) is 0 Å². The number of anilines is 1. The van der Waals surface area contributed by atoms with Crippen molar-refractivity contribution in [2.75, 3.05) is 5.73 Å². The molecular formula is C12H17NO. The SMILES string of the molecule is Nc1cc(CO)cc(C2CCCC2)c1. The van der Waals surface area contributed by atoms with Crippen LogP contribution < -0.4 is 5.73 Å². The molecule has 14 heavy (non-hydrogen) atoms. The summed E-state index contributed by atoms with van der Waals surface area (Å²) in [6.07, 6.45) is 5.20. The molecular weight excluding hydrogens is 174 g/mol. The minimum atomic E-state index is 0.0881. The molecule has 3 N–H and O–H groups in total. The van der Waals surface area contributed by atoms with Gasteiger partial charge in [0.05, 0.1) is 6.61 Å². The molecule has 2 nitrogen and oxygen atoms in total. The van der Waals surface area contributed by atoms with Crippen LogP contribution in [-0.4, -0.2) is 5.11 Å². The smallest absolute Gasteiger partial charge is 0.0682 e. The lowest BCUT2D eigenvalue weighted by molar-refractivity contribution is 0.281. The second kappa shape index (κ2) is 4.01. The van der Waals surface area contributed by atoms with Crippen LogP contribution in [0.5, 0.6) is 0 Å². The molecule has 0 radical (unpaired) electrons. The van der Waals surface area contributed by atoms with Gasteiger partial charge in [-0.15, -0.1) is 0 Å². The first-order chi connectivity index (χ1) is 6.79. The molecule has 2 rings (SSSR count). The first-order valence-electron chi connectivity index (χ1n) is 5.30. The standard InChI is InChI=1S/C12H17NO/c13-12-6-9(8-14)5-11(7-12)10-3-1-2-4-10/h5-7,10,14H,1-4,8,13H2. The molecule has 0 unspecified atom stereocenters. The van der Waals surface area contributed by atoms with E-state index in [-0.39, 0.29) is 6.61 Å². The second-order valence-electron chi connectivity index (χ2n) is 4.15. The van der Waals surface area contributed by atoms with Crippen molar-refractivity contribution in [1.82, 2.24) is 0 Å². The predicted octanol–water partition coefficient (Wildman–Crippen LogP) is 2.42. The Bertz CT molecular complexity index is 316. The van der Waals surface area contributed by atoms with Crippen molar-refractivity contribution in [3.8, 4) is 0 Å². The summed E-state index contributed by atoms with van der Waals surface area (Å²) >= 11 is 0. The van der Waals surface area contributed by atoms with E-state index >= 15 is 0 Å². The number of rotatable bonds is 2. The summed E-state index contributed by atoms with van der Waals surface area (Å²) in [6, 6.07) is 5.99. The van der Waals surface area contributed by atoms with Gasteiger partial charge < -0.3 is 10.8 Å². The van der Waals surface area contributed by atoms with Crippen LogP contribution in [0.15, 0.2) is 18.2 Å². The lowest BCUT2D eigenvalue weighted by Crippen LogP contribution is -1.97. The Kier molecular flexibility index (Phi) is 2.73. The Labute approximate surface area is 84.7 Å².